The van der Waals surface area contributed by atoms with Crippen molar-refractivity contribution in [3.63, 3.8) is 0 Å². The van der Waals surface area contributed by atoms with Crippen molar-refractivity contribution in [2.75, 3.05) is 20.8 Å². The number of methoxy groups -OCH3 is 2. The van der Waals surface area contributed by atoms with E-state index in [9.17, 15) is 9.90 Å². The molecule has 3 rings (SSSR count). The normalized spacial score (nSPS) is 23.8. The van der Waals surface area contributed by atoms with E-state index in [1.165, 1.54) is 4.90 Å². The highest BCUT2D eigenvalue weighted by Gasteiger charge is 2.58. The van der Waals surface area contributed by atoms with E-state index in [0.29, 0.717) is 37.3 Å². The van der Waals surface area contributed by atoms with Crippen LogP contribution in [0.5, 0.6) is 11.5 Å². The summed E-state index contributed by atoms with van der Waals surface area (Å²) in [5.74, 6) is 1.28. The lowest BCUT2D eigenvalue weighted by Crippen LogP contribution is -2.55. The Morgan fingerprint density at radius 2 is 1.66 bits per heavy atom. The van der Waals surface area contributed by atoms with Gasteiger partial charge in [0.1, 0.15) is 0 Å². The van der Waals surface area contributed by atoms with E-state index in [4.69, 9.17) is 14.2 Å². The summed E-state index contributed by atoms with van der Waals surface area (Å²) in [6.07, 6.45) is 1.30. The van der Waals surface area contributed by atoms with E-state index >= 15 is 0 Å². The predicted octanol–water partition coefficient (Wildman–Crippen LogP) is 3.80. The van der Waals surface area contributed by atoms with Crippen molar-refractivity contribution in [2.45, 2.75) is 44.4 Å². The number of cyclic esters (lactones) is 1. The zero-order chi connectivity index (χ0) is 21.1. The molecule has 2 aromatic rings. The molecule has 6 heteroatoms. The smallest absolute Gasteiger partial charge is 0.412 e. The maximum atomic E-state index is 12.6. The number of amides is 1. The highest BCUT2D eigenvalue weighted by Crippen LogP contribution is 2.40. The maximum absolute atomic E-state index is 12.6. The van der Waals surface area contributed by atoms with Crippen molar-refractivity contribution in [2.24, 2.45) is 0 Å². The van der Waals surface area contributed by atoms with Crippen molar-refractivity contribution < 1.29 is 24.1 Å². The summed E-state index contributed by atoms with van der Waals surface area (Å²) in [5.41, 5.74) is -0.277. The van der Waals surface area contributed by atoms with Gasteiger partial charge in [-0.2, -0.15) is 0 Å². The summed E-state index contributed by atoms with van der Waals surface area (Å²) in [7, 11) is 3.17. The molecule has 0 bridgehead atoms. The molecule has 2 unspecified atom stereocenters. The number of hydrogen-bond acceptors (Lipinski definition) is 5. The van der Waals surface area contributed by atoms with E-state index in [-0.39, 0.29) is 0 Å². The second-order valence-electron chi connectivity index (χ2n) is 7.70. The van der Waals surface area contributed by atoms with Crippen LogP contribution in [0.2, 0.25) is 0 Å². The molecule has 2 aromatic carbocycles. The number of carbonyl (C=O) groups is 1. The van der Waals surface area contributed by atoms with Crippen LogP contribution < -0.4 is 9.47 Å². The van der Waals surface area contributed by atoms with Crippen LogP contribution in [0.4, 0.5) is 4.79 Å². The van der Waals surface area contributed by atoms with Gasteiger partial charge in [-0.25, -0.2) is 4.79 Å². The van der Waals surface area contributed by atoms with Crippen LogP contribution in [0, 0.1) is 0 Å². The van der Waals surface area contributed by atoms with Gasteiger partial charge >= 0.3 is 6.09 Å². The molecule has 0 radical (unpaired) electrons. The second kappa shape index (κ2) is 8.33. The van der Waals surface area contributed by atoms with Gasteiger partial charge in [0.15, 0.2) is 22.8 Å². The third-order valence-corrected chi connectivity index (χ3v) is 5.87. The monoisotopic (exact) mass is 399 g/mol. The summed E-state index contributed by atoms with van der Waals surface area (Å²) in [4.78, 5) is 14.0. The topological polar surface area (TPSA) is 68.2 Å². The summed E-state index contributed by atoms with van der Waals surface area (Å²) < 4.78 is 16.3. The highest BCUT2D eigenvalue weighted by atomic mass is 16.6. The van der Waals surface area contributed by atoms with Crippen LogP contribution in [0.25, 0.3) is 0 Å². The molecule has 1 amide bonds. The lowest BCUT2D eigenvalue weighted by Gasteiger charge is -2.37. The van der Waals surface area contributed by atoms with Gasteiger partial charge in [0.25, 0.3) is 0 Å². The highest BCUT2D eigenvalue weighted by molar-refractivity contribution is 5.72. The Labute approximate surface area is 172 Å². The molecule has 1 aliphatic heterocycles. The summed E-state index contributed by atoms with van der Waals surface area (Å²) in [6.45, 7) is 3.78. The Balaban J connectivity index is 1.69. The molecule has 156 valence electrons. The number of benzene rings is 2. The van der Waals surface area contributed by atoms with Gasteiger partial charge in [0.05, 0.1) is 14.2 Å². The summed E-state index contributed by atoms with van der Waals surface area (Å²) >= 11 is 0. The molecule has 0 aliphatic carbocycles. The zero-order valence-corrected chi connectivity index (χ0v) is 17.5. The maximum Gasteiger partial charge on any atom is 0.412 e. The van der Waals surface area contributed by atoms with E-state index < -0.39 is 17.4 Å². The van der Waals surface area contributed by atoms with E-state index in [1.54, 1.807) is 28.1 Å². The number of nitrogens with zero attached hydrogens (tertiary/aromatic N) is 1. The Kier molecular flexibility index (Phi) is 6.03. The molecule has 1 aliphatic rings. The first-order valence-corrected chi connectivity index (χ1v) is 9.78. The summed E-state index contributed by atoms with van der Waals surface area (Å²) in [5, 5.41) is 11.2. The Bertz CT molecular complexity index is 852. The van der Waals surface area contributed by atoms with Crippen LogP contribution in [0.1, 0.15) is 31.4 Å². The average Bonchev–Trinajstić information content (AvgIpc) is 2.89. The number of ether oxygens (including phenoxy) is 3. The van der Waals surface area contributed by atoms with Crippen molar-refractivity contribution in [1.82, 2.24) is 4.90 Å². The average molecular weight is 399 g/mol. The van der Waals surface area contributed by atoms with Crippen molar-refractivity contribution >= 4 is 6.09 Å². The fraction of sp³-hybridized carbons (Fsp3) is 0.435. The molecule has 1 saturated heterocycles. The molecule has 29 heavy (non-hydrogen) atoms. The minimum Gasteiger partial charge on any atom is -0.493 e. The third kappa shape index (κ3) is 4.17. The molecular formula is C23H29NO5. The SMILES string of the molecule is COc1ccc(CCN2C(=O)OC(C)(CCc3ccccc3)C2(C)O)cc1OC. The molecule has 1 fully saturated rings. The quantitative estimate of drug-likeness (QED) is 0.731. The molecule has 0 aromatic heterocycles. The first-order valence-electron chi connectivity index (χ1n) is 9.78. The van der Waals surface area contributed by atoms with Crippen LogP contribution in [-0.2, 0) is 17.6 Å². The fourth-order valence-electron chi connectivity index (χ4n) is 3.71. The minimum absolute atomic E-state index is 0.336. The van der Waals surface area contributed by atoms with Crippen LogP contribution >= 0.6 is 0 Å². The van der Waals surface area contributed by atoms with Gasteiger partial charge in [-0.15, -0.1) is 0 Å². The molecule has 2 atom stereocenters. The molecule has 6 nitrogen and oxygen atoms in total. The van der Waals surface area contributed by atoms with Gasteiger partial charge < -0.3 is 19.3 Å². The van der Waals surface area contributed by atoms with Gasteiger partial charge in [0.2, 0.25) is 0 Å². The molecule has 1 heterocycles. The number of aliphatic hydroxyl groups is 1. The first-order chi connectivity index (χ1) is 13.8. The Hall–Kier alpha value is -2.73. The number of rotatable bonds is 8. The molecule has 0 spiro atoms. The van der Waals surface area contributed by atoms with E-state index in [2.05, 4.69) is 0 Å². The number of aryl methyl sites for hydroxylation is 1. The predicted molar refractivity (Wildman–Crippen MR) is 110 cm³/mol. The van der Waals surface area contributed by atoms with Gasteiger partial charge in [0, 0.05) is 6.54 Å². The fourth-order valence-corrected chi connectivity index (χ4v) is 3.71. The van der Waals surface area contributed by atoms with Crippen molar-refractivity contribution in [1.29, 1.82) is 0 Å². The van der Waals surface area contributed by atoms with Crippen LogP contribution in [0.15, 0.2) is 48.5 Å². The first kappa shape index (κ1) is 21.0. The Morgan fingerprint density at radius 1 is 0.966 bits per heavy atom. The number of hydrogen-bond donors (Lipinski definition) is 1. The lowest BCUT2D eigenvalue weighted by molar-refractivity contribution is -0.138. The largest absolute Gasteiger partial charge is 0.493 e. The Morgan fingerprint density at radius 3 is 2.31 bits per heavy atom. The third-order valence-electron chi connectivity index (χ3n) is 5.87. The van der Waals surface area contributed by atoms with Gasteiger partial charge in [-0.3, -0.25) is 4.90 Å². The standard InChI is InChI=1S/C23H29NO5/c1-22(14-12-17-8-6-5-7-9-17)23(2,26)24(21(25)29-22)15-13-18-10-11-19(27-3)20(16-18)28-4/h5-11,16,26H,12-15H2,1-4H3. The number of carbonyl (C=O) groups excluding carboxylic acids is 1. The minimum atomic E-state index is -1.41. The zero-order valence-electron chi connectivity index (χ0n) is 17.5. The van der Waals surface area contributed by atoms with Gasteiger partial charge in [-0.05, 0) is 56.4 Å². The second-order valence-corrected chi connectivity index (χ2v) is 7.70. The van der Waals surface area contributed by atoms with Crippen molar-refractivity contribution in [3.8, 4) is 11.5 Å². The van der Waals surface area contributed by atoms with Gasteiger partial charge in [-0.1, -0.05) is 36.4 Å². The van der Waals surface area contributed by atoms with E-state index in [0.717, 1.165) is 11.1 Å². The molecular weight excluding hydrogens is 370 g/mol. The molecule has 0 saturated carbocycles. The van der Waals surface area contributed by atoms with Crippen molar-refractivity contribution in [3.05, 3.63) is 59.7 Å². The molecule has 1 N–H and O–H groups in total. The van der Waals surface area contributed by atoms with Crippen LogP contribution in [-0.4, -0.2) is 48.2 Å². The van der Waals surface area contributed by atoms with Crippen LogP contribution in [0.3, 0.4) is 0 Å². The lowest BCUT2D eigenvalue weighted by atomic mass is 9.87. The van der Waals surface area contributed by atoms with E-state index in [1.807, 2.05) is 48.5 Å². The summed E-state index contributed by atoms with van der Waals surface area (Å²) in [6, 6.07) is 15.6.